The van der Waals surface area contributed by atoms with Crippen LogP contribution in [0.5, 0.6) is 11.5 Å². The largest absolute Gasteiger partial charge is 0.507 e. The number of halogens is 3. The van der Waals surface area contributed by atoms with Gasteiger partial charge in [-0.1, -0.05) is 24.3 Å². The van der Waals surface area contributed by atoms with Crippen LogP contribution < -0.4 is 5.32 Å². The summed E-state index contributed by atoms with van der Waals surface area (Å²) in [5, 5.41) is 45.9. The Hall–Kier alpha value is -3.85. The minimum Gasteiger partial charge on any atom is -0.507 e. The highest BCUT2D eigenvalue weighted by Gasteiger charge is 2.50. The van der Waals surface area contributed by atoms with E-state index in [0.29, 0.717) is 0 Å². The number of hydrogen-bond acceptors (Lipinski definition) is 10. The molecular weight excluding hydrogens is 567 g/mol. The Morgan fingerprint density at radius 3 is 2.19 bits per heavy atom. The van der Waals surface area contributed by atoms with Crippen molar-refractivity contribution >= 4 is 23.3 Å². The summed E-state index contributed by atoms with van der Waals surface area (Å²) in [4.78, 5) is 50.8. The molecule has 42 heavy (non-hydrogen) atoms. The SMILES string of the molecule is CC(=O)[C@]1(O)Cc2c(O)c3c(c(O)c2[C@@H](O[C@H]2C[C@H](NC(=O)C(F)(F)F)[C@H](O)[C@H](C)O2)C1)C(=O)c1ccccc1C3=O. The normalized spacial score (nSPS) is 28.9. The Bertz CT molecular complexity index is 1520. The maximum atomic E-state index is 13.4. The second-order valence-corrected chi connectivity index (χ2v) is 10.7. The quantitative estimate of drug-likeness (QED) is 0.280. The average Bonchev–Trinajstić information content (AvgIpc) is 2.91. The number of rotatable bonds is 4. The van der Waals surface area contributed by atoms with Crippen molar-refractivity contribution in [3.05, 3.63) is 57.6 Å². The zero-order valence-corrected chi connectivity index (χ0v) is 22.2. The number of amides is 1. The second-order valence-electron chi connectivity index (χ2n) is 10.7. The zero-order valence-electron chi connectivity index (χ0n) is 22.2. The first-order valence-electron chi connectivity index (χ1n) is 12.9. The van der Waals surface area contributed by atoms with E-state index in [9.17, 15) is 52.8 Å². The van der Waals surface area contributed by atoms with E-state index in [4.69, 9.17) is 9.47 Å². The Morgan fingerprint density at radius 2 is 1.64 bits per heavy atom. The number of fused-ring (bicyclic) bond motifs is 3. The molecule has 14 heteroatoms. The molecule has 2 aromatic carbocycles. The molecule has 1 aliphatic heterocycles. The number of ether oxygens (including phenoxy) is 2. The third-order valence-corrected chi connectivity index (χ3v) is 8.03. The van der Waals surface area contributed by atoms with E-state index in [2.05, 4.69) is 0 Å². The molecule has 2 aromatic rings. The van der Waals surface area contributed by atoms with Crippen molar-refractivity contribution in [2.45, 2.75) is 75.5 Å². The predicted molar refractivity (Wildman–Crippen MR) is 134 cm³/mol. The Labute approximate surface area is 235 Å². The van der Waals surface area contributed by atoms with Crippen LogP contribution in [0.15, 0.2) is 24.3 Å². The van der Waals surface area contributed by atoms with Crippen LogP contribution in [0.1, 0.15) is 75.8 Å². The van der Waals surface area contributed by atoms with Gasteiger partial charge in [-0.25, -0.2) is 0 Å². The minimum absolute atomic E-state index is 0.0230. The highest BCUT2D eigenvalue weighted by atomic mass is 19.4. The molecule has 1 saturated heterocycles. The minimum atomic E-state index is -5.23. The van der Waals surface area contributed by atoms with E-state index in [1.807, 2.05) is 0 Å². The number of aliphatic hydroxyl groups is 2. The fourth-order valence-corrected chi connectivity index (χ4v) is 5.78. The number of Topliss-reactive ketones (excluding diaryl/α,β-unsaturated/α-hetero) is 1. The molecule has 0 unspecified atom stereocenters. The Morgan fingerprint density at radius 1 is 1.07 bits per heavy atom. The van der Waals surface area contributed by atoms with Crippen molar-refractivity contribution in [1.29, 1.82) is 0 Å². The number of carbonyl (C=O) groups is 4. The number of aromatic hydroxyl groups is 2. The number of alkyl halides is 3. The lowest BCUT2D eigenvalue weighted by Crippen LogP contribution is -2.57. The highest BCUT2D eigenvalue weighted by molar-refractivity contribution is 6.30. The van der Waals surface area contributed by atoms with Crippen molar-refractivity contribution < 1.29 is 62.2 Å². The van der Waals surface area contributed by atoms with Crippen LogP contribution in [0.3, 0.4) is 0 Å². The third-order valence-electron chi connectivity index (χ3n) is 8.03. The monoisotopic (exact) mass is 593 g/mol. The number of phenols is 2. The Kier molecular flexibility index (Phi) is 7.16. The topological polar surface area (TPSA) is 180 Å². The summed E-state index contributed by atoms with van der Waals surface area (Å²) in [7, 11) is 0. The van der Waals surface area contributed by atoms with Crippen molar-refractivity contribution in [3.8, 4) is 11.5 Å². The first-order valence-corrected chi connectivity index (χ1v) is 12.9. The summed E-state index contributed by atoms with van der Waals surface area (Å²) in [5.74, 6) is -6.09. The van der Waals surface area contributed by atoms with Gasteiger partial charge in [-0.2, -0.15) is 13.2 Å². The van der Waals surface area contributed by atoms with Gasteiger partial charge in [0.1, 0.15) is 23.2 Å². The zero-order chi connectivity index (χ0) is 30.9. The summed E-state index contributed by atoms with van der Waals surface area (Å²) in [6.07, 6.45) is -12.5. The molecule has 1 amide bonds. The van der Waals surface area contributed by atoms with Gasteiger partial charge >= 0.3 is 12.1 Å². The lowest BCUT2D eigenvalue weighted by atomic mass is 9.72. The van der Waals surface area contributed by atoms with Crippen LogP contribution >= 0.6 is 0 Å². The fraction of sp³-hybridized carbons (Fsp3) is 0.429. The molecule has 5 N–H and O–H groups in total. The molecule has 224 valence electrons. The van der Waals surface area contributed by atoms with Crippen LogP contribution in [0.4, 0.5) is 13.2 Å². The van der Waals surface area contributed by atoms with Gasteiger partial charge < -0.3 is 35.2 Å². The first-order chi connectivity index (χ1) is 19.5. The second kappa shape index (κ2) is 10.2. The smallest absolute Gasteiger partial charge is 0.471 e. The van der Waals surface area contributed by atoms with Gasteiger partial charge in [0.05, 0.1) is 29.4 Å². The lowest BCUT2D eigenvalue weighted by molar-refractivity contribution is -0.250. The van der Waals surface area contributed by atoms with E-state index >= 15 is 0 Å². The van der Waals surface area contributed by atoms with Gasteiger partial charge in [0, 0.05) is 41.5 Å². The molecule has 0 aromatic heterocycles. The van der Waals surface area contributed by atoms with Crippen LogP contribution in [-0.2, 0) is 25.5 Å². The van der Waals surface area contributed by atoms with Crippen molar-refractivity contribution in [3.63, 3.8) is 0 Å². The maximum absolute atomic E-state index is 13.4. The first kappa shape index (κ1) is 29.6. The molecule has 1 fully saturated rings. The van der Waals surface area contributed by atoms with Crippen LogP contribution in [0, 0.1) is 0 Å². The summed E-state index contributed by atoms with van der Waals surface area (Å²) in [5.41, 5.74) is -3.73. The summed E-state index contributed by atoms with van der Waals surface area (Å²) in [6, 6.07) is 4.27. The van der Waals surface area contributed by atoms with Crippen molar-refractivity contribution in [2.75, 3.05) is 0 Å². The molecule has 1 heterocycles. The van der Waals surface area contributed by atoms with Crippen LogP contribution in [0.2, 0.25) is 0 Å². The van der Waals surface area contributed by atoms with Gasteiger partial charge in [-0.05, 0) is 13.8 Å². The van der Waals surface area contributed by atoms with Crippen molar-refractivity contribution in [2.24, 2.45) is 0 Å². The van der Waals surface area contributed by atoms with Gasteiger partial charge in [0.25, 0.3) is 0 Å². The van der Waals surface area contributed by atoms with E-state index in [1.165, 1.54) is 31.2 Å². The average molecular weight is 594 g/mol. The number of phenolic OH excluding ortho intramolecular Hbond substituents is 2. The molecule has 0 saturated carbocycles. The van der Waals surface area contributed by atoms with E-state index < -0.39 is 108 Å². The summed E-state index contributed by atoms with van der Waals surface area (Å²) in [6.45, 7) is 2.38. The number of carbonyl (C=O) groups excluding carboxylic acids is 4. The van der Waals surface area contributed by atoms with Gasteiger partial charge in [-0.15, -0.1) is 0 Å². The van der Waals surface area contributed by atoms with E-state index in [-0.39, 0.29) is 22.3 Å². The van der Waals surface area contributed by atoms with Crippen LogP contribution in [0.25, 0.3) is 0 Å². The molecule has 5 rings (SSSR count). The summed E-state index contributed by atoms with van der Waals surface area (Å²) >= 11 is 0. The van der Waals surface area contributed by atoms with Crippen LogP contribution in [-0.4, -0.2) is 80.0 Å². The molecule has 0 radical (unpaired) electrons. The van der Waals surface area contributed by atoms with Gasteiger partial charge in [0.2, 0.25) is 0 Å². The maximum Gasteiger partial charge on any atom is 0.471 e. The predicted octanol–water partition coefficient (Wildman–Crippen LogP) is 1.74. The van der Waals surface area contributed by atoms with E-state index in [1.54, 1.807) is 5.32 Å². The fourth-order valence-electron chi connectivity index (χ4n) is 5.78. The number of hydrogen-bond donors (Lipinski definition) is 5. The molecule has 0 spiro atoms. The van der Waals surface area contributed by atoms with Gasteiger partial charge in [-0.3, -0.25) is 19.2 Å². The highest BCUT2D eigenvalue weighted by Crippen LogP contribution is 2.52. The Balaban J connectivity index is 1.58. The molecule has 2 aliphatic carbocycles. The number of benzene rings is 2. The summed E-state index contributed by atoms with van der Waals surface area (Å²) < 4.78 is 50.1. The van der Waals surface area contributed by atoms with Crippen molar-refractivity contribution in [1.82, 2.24) is 5.32 Å². The molecule has 0 bridgehead atoms. The lowest BCUT2D eigenvalue weighted by Gasteiger charge is -2.42. The number of aliphatic hydroxyl groups excluding tert-OH is 1. The van der Waals surface area contributed by atoms with Gasteiger partial charge in [0.15, 0.2) is 23.6 Å². The number of ketones is 3. The standard InChI is InChI=1S/C28H26F3NO10/c1-10-21(34)15(32-26(39)28(29,30)31)7-17(41-10)42-16-9-27(40,11(2)33)8-14-18(16)25(38)20-19(24(14)37)22(35)12-5-3-4-6-13(12)23(20)36/h3-6,10,15-17,21,34,37-38,40H,7-9H2,1-2H3,(H,32,39)/t10-,15-,16-,17-,21+,27-/m0/s1. The third kappa shape index (κ3) is 4.73. The van der Waals surface area contributed by atoms with E-state index in [0.717, 1.165) is 6.92 Å². The molecule has 3 aliphatic rings. The molecule has 6 atom stereocenters. The molecular formula is C28H26F3NO10. The number of nitrogens with one attached hydrogen (secondary N) is 1. The molecule has 11 nitrogen and oxygen atoms in total.